The van der Waals surface area contributed by atoms with Gasteiger partial charge in [0, 0.05) is 13.8 Å². The van der Waals surface area contributed by atoms with Crippen LogP contribution in [0.1, 0.15) is 13.8 Å². The van der Waals surface area contributed by atoms with Crippen molar-refractivity contribution in [1.29, 1.82) is 0 Å². The zero-order chi connectivity index (χ0) is 14.1. The van der Waals surface area contributed by atoms with Crippen LogP contribution in [0.2, 0.25) is 0 Å². The highest BCUT2D eigenvalue weighted by atomic mass is 19.4. The molecule has 0 heterocycles. The molecule has 0 saturated carbocycles. The third-order valence-electron chi connectivity index (χ3n) is 1.14. The van der Waals surface area contributed by atoms with E-state index in [9.17, 15) is 35.9 Å². The van der Waals surface area contributed by atoms with Gasteiger partial charge in [0.05, 0.1) is 0 Å². The van der Waals surface area contributed by atoms with Gasteiger partial charge in [0.2, 0.25) is 0 Å². The van der Waals surface area contributed by atoms with Gasteiger partial charge in [-0.05, 0) is 0 Å². The van der Waals surface area contributed by atoms with Gasteiger partial charge in [0.15, 0.2) is 0 Å². The first-order chi connectivity index (χ1) is 7.26. The average molecular weight is 286 g/mol. The molecule has 0 atom stereocenters. The SMILES string of the molecule is CC(C)(OC(=O)C(F)(F)F)OC(=O)C(F)(F)F.[NH4+]. The molecule has 18 heavy (non-hydrogen) atoms. The zero-order valence-corrected chi connectivity index (χ0v) is 9.40. The summed E-state index contributed by atoms with van der Waals surface area (Å²) >= 11 is 0. The van der Waals surface area contributed by atoms with Crippen LogP contribution >= 0.6 is 0 Å². The molecule has 108 valence electrons. The van der Waals surface area contributed by atoms with Gasteiger partial charge in [-0.1, -0.05) is 0 Å². The van der Waals surface area contributed by atoms with Crippen LogP contribution in [-0.4, -0.2) is 30.1 Å². The van der Waals surface area contributed by atoms with Crippen LogP contribution < -0.4 is 6.15 Å². The first kappa shape index (κ1) is 18.8. The van der Waals surface area contributed by atoms with E-state index < -0.39 is 30.1 Å². The first-order valence-corrected chi connectivity index (χ1v) is 3.86. The maximum Gasteiger partial charge on any atom is 0.491 e. The molecule has 0 fully saturated rings. The highest BCUT2D eigenvalue weighted by Crippen LogP contribution is 2.25. The molecule has 0 aromatic heterocycles. The van der Waals surface area contributed by atoms with Crippen LogP contribution in [0.25, 0.3) is 0 Å². The summed E-state index contributed by atoms with van der Waals surface area (Å²) in [6.45, 7) is 1.11. The van der Waals surface area contributed by atoms with Gasteiger partial charge in [-0.25, -0.2) is 9.59 Å². The lowest BCUT2D eigenvalue weighted by Gasteiger charge is -2.25. The van der Waals surface area contributed by atoms with Gasteiger partial charge in [0.1, 0.15) is 0 Å². The number of carbonyl (C=O) groups is 2. The van der Waals surface area contributed by atoms with E-state index in [1.165, 1.54) is 0 Å². The summed E-state index contributed by atoms with van der Waals surface area (Å²) in [4.78, 5) is 20.6. The van der Waals surface area contributed by atoms with Crippen molar-refractivity contribution in [3.63, 3.8) is 0 Å². The number of hydrogen-bond donors (Lipinski definition) is 1. The Bertz CT molecular complexity index is 291. The second-order valence-electron chi connectivity index (χ2n) is 3.17. The molecule has 5 nitrogen and oxygen atoms in total. The summed E-state index contributed by atoms with van der Waals surface area (Å²) in [6, 6.07) is 0. The maximum atomic E-state index is 11.7. The Balaban J connectivity index is 0. The number of halogens is 6. The highest BCUT2D eigenvalue weighted by Gasteiger charge is 2.48. The predicted molar refractivity (Wildman–Crippen MR) is 44.4 cm³/mol. The molecule has 0 amide bonds. The monoisotopic (exact) mass is 286 g/mol. The number of esters is 2. The molecule has 0 aliphatic carbocycles. The second kappa shape index (κ2) is 5.42. The van der Waals surface area contributed by atoms with Crippen molar-refractivity contribution in [3.8, 4) is 0 Å². The quantitative estimate of drug-likeness (QED) is 0.479. The largest absolute Gasteiger partial charge is 0.491 e. The van der Waals surface area contributed by atoms with Crippen LogP contribution in [0, 0.1) is 0 Å². The van der Waals surface area contributed by atoms with Crippen molar-refractivity contribution in [1.82, 2.24) is 6.15 Å². The molecule has 0 aliphatic rings. The number of rotatable bonds is 2. The number of ether oxygens (including phenoxy) is 2. The van der Waals surface area contributed by atoms with E-state index in [1.807, 2.05) is 0 Å². The standard InChI is InChI=1S/C7H6F6O4.H3N/c1-5(2,16-3(14)6(8,9)10)17-4(15)7(11,12)13;/h1-2H3;1H3/p+1. The lowest BCUT2D eigenvalue weighted by atomic mass is 10.4. The van der Waals surface area contributed by atoms with E-state index in [2.05, 4.69) is 9.47 Å². The smallest absolute Gasteiger partial charge is 0.416 e. The average Bonchev–Trinajstić information content (AvgIpc) is 1.97. The van der Waals surface area contributed by atoms with Crippen LogP contribution in [0.4, 0.5) is 26.3 Å². The van der Waals surface area contributed by atoms with E-state index in [1.54, 1.807) is 0 Å². The van der Waals surface area contributed by atoms with Gasteiger partial charge in [0.25, 0.3) is 5.79 Å². The number of hydrogen-bond acceptors (Lipinski definition) is 4. The molecule has 0 aromatic rings. The third kappa shape index (κ3) is 6.27. The van der Waals surface area contributed by atoms with Gasteiger partial charge in [-0.15, -0.1) is 0 Å². The topological polar surface area (TPSA) is 89.1 Å². The molecular weight excluding hydrogens is 276 g/mol. The van der Waals surface area contributed by atoms with Gasteiger partial charge in [-0.2, -0.15) is 26.3 Å². The molecule has 0 radical (unpaired) electrons. The minimum atomic E-state index is -5.40. The molecule has 0 spiro atoms. The molecule has 0 aliphatic heterocycles. The van der Waals surface area contributed by atoms with Crippen LogP contribution in [0.15, 0.2) is 0 Å². The summed E-state index contributed by atoms with van der Waals surface area (Å²) < 4.78 is 77.4. The Morgan fingerprint density at radius 3 is 1.17 bits per heavy atom. The number of carbonyl (C=O) groups excluding carboxylic acids is 2. The molecule has 0 saturated heterocycles. The van der Waals surface area contributed by atoms with Crippen LogP contribution in [-0.2, 0) is 19.1 Å². The van der Waals surface area contributed by atoms with Crippen molar-refractivity contribution in [3.05, 3.63) is 0 Å². The summed E-state index contributed by atoms with van der Waals surface area (Å²) in [5.41, 5.74) is 0. The van der Waals surface area contributed by atoms with E-state index in [0.29, 0.717) is 13.8 Å². The lowest BCUT2D eigenvalue weighted by Crippen LogP contribution is -2.42. The Kier molecular flexibility index (Phi) is 5.67. The fourth-order valence-corrected chi connectivity index (χ4v) is 0.583. The van der Waals surface area contributed by atoms with E-state index in [0.717, 1.165) is 0 Å². The van der Waals surface area contributed by atoms with Gasteiger partial charge >= 0.3 is 24.3 Å². The van der Waals surface area contributed by atoms with Gasteiger partial charge < -0.3 is 15.6 Å². The Hall–Kier alpha value is -1.52. The summed E-state index contributed by atoms with van der Waals surface area (Å²) in [6.07, 6.45) is -10.8. The fourth-order valence-electron chi connectivity index (χ4n) is 0.583. The van der Waals surface area contributed by atoms with E-state index in [4.69, 9.17) is 0 Å². The lowest BCUT2D eigenvalue weighted by molar-refractivity contribution is -0.263. The molecule has 11 heteroatoms. The van der Waals surface area contributed by atoms with Gasteiger partial charge in [-0.3, -0.25) is 0 Å². The maximum absolute atomic E-state index is 11.7. The Morgan fingerprint density at radius 1 is 0.778 bits per heavy atom. The fraction of sp³-hybridized carbons (Fsp3) is 0.714. The summed E-state index contributed by atoms with van der Waals surface area (Å²) in [7, 11) is 0. The normalized spacial score (nSPS) is 12.4. The first-order valence-electron chi connectivity index (χ1n) is 3.86. The molecular formula is C7H10F6NO4+. The number of quaternary nitrogens is 1. The highest BCUT2D eigenvalue weighted by molar-refractivity contribution is 5.78. The number of alkyl halides is 6. The third-order valence-corrected chi connectivity index (χ3v) is 1.14. The minimum absolute atomic E-state index is 0. The molecule has 0 bridgehead atoms. The van der Waals surface area contributed by atoms with Crippen molar-refractivity contribution in [2.75, 3.05) is 0 Å². The molecule has 0 rings (SSSR count). The minimum Gasteiger partial charge on any atom is -0.416 e. The van der Waals surface area contributed by atoms with Crippen molar-refractivity contribution in [2.24, 2.45) is 0 Å². The van der Waals surface area contributed by atoms with E-state index in [-0.39, 0.29) is 6.15 Å². The van der Waals surface area contributed by atoms with Crippen LogP contribution in [0.5, 0.6) is 0 Å². The van der Waals surface area contributed by atoms with Crippen molar-refractivity contribution in [2.45, 2.75) is 32.0 Å². The predicted octanol–water partition coefficient (Wildman–Crippen LogP) is 2.31. The Morgan fingerprint density at radius 2 is 1.00 bits per heavy atom. The second-order valence-corrected chi connectivity index (χ2v) is 3.17. The Labute approximate surface area is 96.6 Å². The molecule has 4 N–H and O–H groups in total. The van der Waals surface area contributed by atoms with Crippen LogP contribution in [0.3, 0.4) is 0 Å². The molecule has 0 aromatic carbocycles. The van der Waals surface area contributed by atoms with Crippen molar-refractivity contribution < 1.29 is 45.4 Å². The summed E-state index contributed by atoms with van der Waals surface area (Å²) in [5.74, 6) is -8.21. The zero-order valence-electron chi connectivity index (χ0n) is 9.40. The summed E-state index contributed by atoms with van der Waals surface area (Å²) in [5, 5.41) is 0. The van der Waals surface area contributed by atoms with Crippen molar-refractivity contribution >= 4 is 11.9 Å². The molecule has 0 unspecified atom stereocenters. The van der Waals surface area contributed by atoms with E-state index >= 15 is 0 Å².